The Morgan fingerprint density at radius 1 is 1.55 bits per heavy atom. The zero-order valence-corrected chi connectivity index (χ0v) is 8.52. The van der Waals surface area contributed by atoms with Crippen LogP contribution in [0.5, 0.6) is 0 Å². The summed E-state index contributed by atoms with van der Waals surface area (Å²) in [6.07, 6.45) is 4.35. The van der Waals surface area contributed by atoms with Crippen LogP contribution in [0.1, 0.15) is 32.6 Å². The molecule has 1 unspecified atom stereocenters. The van der Waals surface area contributed by atoms with Gasteiger partial charge >= 0.3 is 0 Å². The third-order valence-electron chi connectivity index (χ3n) is 1.71. The van der Waals surface area contributed by atoms with Crippen LogP contribution in [0.15, 0.2) is 0 Å². The van der Waals surface area contributed by atoms with Crippen LogP contribution in [0.2, 0.25) is 0 Å². The predicted molar refractivity (Wildman–Crippen MR) is 47.7 cm³/mol. The first kappa shape index (κ1) is 9.49. The van der Waals surface area contributed by atoms with E-state index in [1.165, 1.54) is 6.42 Å². The summed E-state index contributed by atoms with van der Waals surface area (Å²) in [5.74, 6) is 0. The van der Waals surface area contributed by atoms with Crippen molar-refractivity contribution in [1.82, 2.24) is 0 Å². The molecular weight excluding hydrogens is 208 g/mol. The van der Waals surface area contributed by atoms with Crippen LogP contribution in [-0.2, 0) is 9.47 Å². The molecule has 0 radical (unpaired) electrons. The summed E-state index contributed by atoms with van der Waals surface area (Å²) in [5.41, 5.74) is 0. The van der Waals surface area contributed by atoms with Gasteiger partial charge in [0.25, 0.3) is 0 Å². The molecule has 2 nitrogen and oxygen atoms in total. The Kier molecular flexibility index (Phi) is 3.82. The number of hydrogen-bond acceptors (Lipinski definition) is 2. The lowest BCUT2D eigenvalue weighted by atomic mass is 10.2. The van der Waals surface area contributed by atoms with E-state index in [0.29, 0.717) is 0 Å². The lowest BCUT2D eigenvalue weighted by molar-refractivity contribution is -0.185. The fraction of sp³-hybridized carbons (Fsp3) is 1.00. The number of alkyl halides is 1. The molecule has 0 N–H and O–H groups in total. The second-order valence-electron chi connectivity index (χ2n) is 2.81. The maximum Gasteiger partial charge on any atom is 0.226 e. The third-order valence-corrected chi connectivity index (χ3v) is 2.56. The van der Waals surface area contributed by atoms with Crippen molar-refractivity contribution in [2.75, 3.05) is 13.2 Å². The Balaban J connectivity index is 2.25. The normalized spacial score (nSPS) is 32.2. The highest BCUT2D eigenvalue weighted by Gasteiger charge is 2.30. The number of rotatable bonds is 3. The summed E-state index contributed by atoms with van der Waals surface area (Å²) in [6.45, 7) is 3.68. The third kappa shape index (κ3) is 3.09. The van der Waals surface area contributed by atoms with Crippen LogP contribution in [0, 0.1) is 0 Å². The van der Waals surface area contributed by atoms with Crippen LogP contribution in [0.4, 0.5) is 0 Å². The molecular formula is C8H15BrO2. The van der Waals surface area contributed by atoms with E-state index in [9.17, 15) is 0 Å². The summed E-state index contributed by atoms with van der Waals surface area (Å²) < 4.78 is 10.5. The molecule has 0 bridgehead atoms. The van der Waals surface area contributed by atoms with Gasteiger partial charge in [-0.2, -0.15) is 0 Å². The van der Waals surface area contributed by atoms with Crippen molar-refractivity contribution >= 4 is 15.9 Å². The van der Waals surface area contributed by atoms with Gasteiger partial charge in [0.15, 0.2) is 0 Å². The quantitative estimate of drug-likeness (QED) is 0.685. The van der Waals surface area contributed by atoms with E-state index in [1.807, 2.05) is 0 Å². The van der Waals surface area contributed by atoms with Crippen LogP contribution >= 0.6 is 15.9 Å². The van der Waals surface area contributed by atoms with Crippen molar-refractivity contribution in [2.45, 2.75) is 37.3 Å². The fourth-order valence-corrected chi connectivity index (χ4v) is 1.71. The molecule has 11 heavy (non-hydrogen) atoms. The lowest BCUT2D eigenvalue weighted by Gasteiger charge is -2.31. The highest BCUT2D eigenvalue weighted by molar-refractivity contribution is 9.10. The molecule has 1 heterocycles. The number of hydrogen-bond donors (Lipinski definition) is 0. The minimum absolute atomic E-state index is 0.457. The van der Waals surface area contributed by atoms with Crippen LogP contribution in [0.3, 0.4) is 0 Å². The van der Waals surface area contributed by atoms with Gasteiger partial charge in [0.1, 0.15) is 0 Å². The summed E-state index contributed by atoms with van der Waals surface area (Å²) in [7, 11) is 0. The molecule has 0 amide bonds. The predicted octanol–water partition coefficient (Wildman–Crippen LogP) is 2.66. The molecule has 1 rings (SSSR count). The molecule has 0 aliphatic carbocycles. The van der Waals surface area contributed by atoms with Gasteiger partial charge in [0.2, 0.25) is 4.70 Å². The minimum atomic E-state index is -0.457. The Morgan fingerprint density at radius 3 is 2.91 bits per heavy atom. The molecule has 0 saturated carbocycles. The van der Waals surface area contributed by atoms with Gasteiger partial charge < -0.3 is 9.47 Å². The van der Waals surface area contributed by atoms with E-state index in [2.05, 4.69) is 22.9 Å². The maximum atomic E-state index is 5.51. The average Bonchev–Trinajstić information content (AvgIpc) is 2.03. The van der Waals surface area contributed by atoms with Gasteiger partial charge in [-0.15, -0.1) is 0 Å². The summed E-state index contributed by atoms with van der Waals surface area (Å²) in [4.78, 5) is 0. The van der Waals surface area contributed by atoms with Gasteiger partial charge in [-0.1, -0.05) is 6.92 Å². The SMILES string of the molecule is CCCOC1(Br)CCCCO1. The first-order valence-corrected chi connectivity index (χ1v) is 5.03. The van der Waals surface area contributed by atoms with E-state index >= 15 is 0 Å². The Labute approximate surface area is 76.4 Å². The van der Waals surface area contributed by atoms with E-state index in [1.54, 1.807) is 0 Å². The Morgan fingerprint density at radius 2 is 2.36 bits per heavy atom. The maximum absolute atomic E-state index is 5.51. The van der Waals surface area contributed by atoms with Crippen molar-refractivity contribution in [3.8, 4) is 0 Å². The highest BCUT2D eigenvalue weighted by Crippen LogP contribution is 2.32. The van der Waals surface area contributed by atoms with E-state index < -0.39 is 4.70 Å². The molecule has 1 atom stereocenters. The first-order valence-electron chi connectivity index (χ1n) is 4.24. The van der Waals surface area contributed by atoms with Crippen molar-refractivity contribution in [1.29, 1.82) is 0 Å². The van der Waals surface area contributed by atoms with E-state index in [4.69, 9.17) is 9.47 Å². The molecule has 0 aromatic carbocycles. The van der Waals surface area contributed by atoms with Gasteiger partial charge in [0.05, 0.1) is 13.2 Å². The average molecular weight is 223 g/mol. The van der Waals surface area contributed by atoms with Gasteiger partial charge in [-0.25, -0.2) is 0 Å². The van der Waals surface area contributed by atoms with Gasteiger partial charge in [0, 0.05) is 6.42 Å². The van der Waals surface area contributed by atoms with Crippen molar-refractivity contribution in [3.05, 3.63) is 0 Å². The molecule has 3 heteroatoms. The summed E-state index contributed by atoms with van der Waals surface area (Å²) in [6, 6.07) is 0. The molecule has 66 valence electrons. The molecule has 1 fully saturated rings. The molecule has 0 aromatic rings. The second-order valence-corrected chi connectivity index (χ2v) is 4.02. The molecule has 0 aromatic heterocycles. The minimum Gasteiger partial charge on any atom is -0.341 e. The van der Waals surface area contributed by atoms with E-state index in [-0.39, 0.29) is 0 Å². The lowest BCUT2D eigenvalue weighted by Crippen LogP contribution is -2.32. The monoisotopic (exact) mass is 222 g/mol. The largest absolute Gasteiger partial charge is 0.341 e. The standard InChI is InChI=1S/C8H15BrO2/c1-2-6-10-8(9)5-3-4-7-11-8/h2-7H2,1H3. The molecule has 1 aliphatic rings. The van der Waals surface area contributed by atoms with Crippen molar-refractivity contribution < 1.29 is 9.47 Å². The molecule has 0 spiro atoms. The van der Waals surface area contributed by atoms with Crippen LogP contribution < -0.4 is 0 Å². The molecule has 1 saturated heterocycles. The zero-order valence-electron chi connectivity index (χ0n) is 6.94. The van der Waals surface area contributed by atoms with Crippen LogP contribution in [-0.4, -0.2) is 17.9 Å². The van der Waals surface area contributed by atoms with Crippen LogP contribution in [0.25, 0.3) is 0 Å². The zero-order chi connectivity index (χ0) is 8.16. The van der Waals surface area contributed by atoms with E-state index in [0.717, 1.165) is 32.5 Å². The first-order chi connectivity index (χ1) is 5.27. The van der Waals surface area contributed by atoms with Gasteiger partial charge in [-0.3, -0.25) is 0 Å². The summed E-state index contributed by atoms with van der Waals surface area (Å²) >= 11 is 3.45. The van der Waals surface area contributed by atoms with Crippen molar-refractivity contribution in [3.63, 3.8) is 0 Å². The fourth-order valence-electron chi connectivity index (χ4n) is 1.10. The topological polar surface area (TPSA) is 18.5 Å². The molecule has 1 aliphatic heterocycles. The van der Waals surface area contributed by atoms with Gasteiger partial charge in [-0.05, 0) is 35.2 Å². The number of halogens is 1. The second kappa shape index (κ2) is 4.43. The highest BCUT2D eigenvalue weighted by atomic mass is 79.9. The summed E-state index contributed by atoms with van der Waals surface area (Å²) in [5, 5.41) is 0. The number of ether oxygens (including phenoxy) is 2. The Bertz CT molecular complexity index is 111. The Hall–Kier alpha value is 0.400. The smallest absolute Gasteiger partial charge is 0.226 e. The van der Waals surface area contributed by atoms with Crippen molar-refractivity contribution in [2.24, 2.45) is 0 Å².